The highest BCUT2D eigenvalue weighted by molar-refractivity contribution is 6.18. The van der Waals surface area contributed by atoms with E-state index in [0.717, 1.165) is 11.3 Å². The van der Waals surface area contributed by atoms with Gasteiger partial charge in [0.15, 0.2) is 0 Å². The van der Waals surface area contributed by atoms with Crippen LogP contribution in [0.3, 0.4) is 0 Å². The third kappa shape index (κ3) is 2.93. The van der Waals surface area contributed by atoms with E-state index in [1.54, 1.807) is 23.1 Å². The molecule has 0 bridgehead atoms. The number of halogens is 1. The summed E-state index contributed by atoms with van der Waals surface area (Å²) in [6, 6.07) is 4.61. The molecule has 1 amide bonds. The summed E-state index contributed by atoms with van der Waals surface area (Å²) in [5.74, 6) is 0.426. The molecule has 0 saturated carbocycles. The number of hydrogen-bond acceptors (Lipinski definition) is 3. The first-order valence-corrected chi connectivity index (χ1v) is 6.45. The molecule has 0 aromatic heterocycles. The zero-order valence-corrected chi connectivity index (χ0v) is 11.0. The second-order valence-electron chi connectivity index (χ2n) is 4.20. The lowest BCUT2D eigenvalue weighted by atomic mass is 10.0. The first-order valence-electron chi connectivity index (χ1n) is 5.92. The van der Waals surface area contributed by atoms with Gasteiger partial charge in [-0.25, -0.2) is 0 Å². The van der Waals surface area contributed by atoms with Crippen LogP contribution in [0, 0.1) is 10.1 Å². The van der Waals surface area contributed by atoms with Crippen molar-refractivity contribution in [3.05, 3.63) is 46.0 Å². The molecule has 1 aliphatic heterocycles. The van der Waals surface area contributed by atoms with Gasteiger partial charge in [-0.2, -0.15) is 0 Å². The van der Waals surface area contributed by atoms with Crippen LogP contribution in [0.15, 0.2) is 30.4 Å². The second-order valence-corrected chi connectivity index (χ2v) is 4.51. The molecule has 2 rings (SSSR count). The SMILES string of the molecule is O=C1CCc2cc([N+](=O)[O-])ccc2N1CC=CCCl. The van der Waals surface area contributed by atoms with E-state index >= 15 is 0 Å². The highest BCUT2D eigenvalue weighted by Crippen LogP contribution is 2.30. The van der Waals surface area contributed by atoms with Crippen molar-refractivity contribution >= 4 is 28.9 Å². The zero-order valence-electron chi connectivity index (χ0n) is 10.2. The summed E-state index contributed by atoms with van der Waals surface area (Å²) in [6.07, 6.45) is 4.52. The van der Waals surface area contributed by atoms with Gasteiger partial charge >= 0.3 is 0 Å². The number of nitro benzene ring substituents is 1. The number of nitro groups is 1. The molecule has 1 heterocycles. The van der Waals surface area contributed by atoms with Crippen molar-refractivity contribution in [2.24, 2.45) is 0 Å². The van der Waals surface area contributed by atoms with E-state index in [9.17, 15) is 14.9 Å². The number of allylic oxidation sites excluding steroid dienone is 1. The Morgan fingerprint density at radius 2 is 2.16 bits per heavy atom. The molecular weight excluding hydrogens is 268 g/mol. The summed E-state index contributed by atoms with van der Waals surface area (Å²) in [7, 11) is 0. The van der Waals surface area contributed by atoms with Crippen molar-refractivity contribution < 1.29 is 9.72 Å². The van der Waals surface area contributed by atoms with Crippen LogP contribution >= 0.6 is 11.6 Å². The Kier molecular flexibility index (Phi) is 4.16. The van der Waals surface area contributed by atoms with Crippen molar-refractivity contribution in [1.82, 2.24) is 0 Å². The number of amides is 1. The van der Waals surface area contributed by atoms with Gasteiger partial charge in [0.25, 0.3) is 5.69 Å². The number of non-ortho nitro benzene ring substituents is 1. The quantitative estimate of drug-likeness (QED) is 0.369. The summed E-state index contributed by atoms with van der Waals surface area (Å²) in [5, 5.41) is 10.7. The van der Waals surface area contributed by atoms with Crippen LogP contribution in [0.4, 0.5) is 11.4 Å². The molecule has 0 unspecified atom stereocenters. The number of nitrogens with zero attached hydrogens (tertiary/aromatic N) is 2. The van der Waals surface area contributed by atoms with Gasteiger partial charge in [-0.15, -0.1) is 11.6 Å². The number of hydrogen-bond donors (Lipinski definition) is 0. The van der Waals surface area contributed by atoms with Crippen molar-refractivity contribution in [3.8, 4) is 0 Å². The minimum Gasteiger partial charge on any atom is -0.308 e. The van der Waals surface area contributed by atoms with E-state index in [1.165, 1.54) is 6.07 Å². The number of alkyl halides is 1. The van der Waals surface area contributed by atoms with Crippen molar-refractivity contribution in [2.45, 2.75) is 12.8 Å². The fourth-order valence-electron chi connectivity index (χ4n) is 2.10. The maximum absolute atomic E-state index is 11.9. The minimum atomic E-state index is -0.422. The molecule has 0 saturated heterocycles. The van der Waals surface area contributed by atoms with Gasteiger partial charge in [-0.3, -0.25) is 14.9 Å². The van der Waals surface area contributed by atoms with Crippen LogP contribution < -0.4 is 4.90 Å². The molecule has 19 heavy (non-hydrogen) atoms. The number of benzene rings is 1. The van der Waals surface area contributed by atoms with E-state index in [-0.39, 0.29) is 11.6 Å². The number of rotatable bonds is 4. The highest BCUT2D eigenvalue weighted by Gasteiger charge is 2.24. The largest absolute Gasteiger partial charge is 0.308 e. The topological polar surface area (TPSA) is 63.4 Å². The average Bonchev–Trinajstić information content (AvgIpc) is 2.40. The number of aryl methyl sites for hydroxylation is 1. The van der Waals surface area contributed by atoms with E-state index in [1.807, 2.05) is 6.08 Å². The van der Waals surface area contributed by atoms with Crippen LogP contribution in [0.2, 0.25) is 0 Å². The van der Waals surface area contributed by atoms with Crippen molar-refractivity contribution in [3.63, 3.8) is 0 Å². The Hall–Kier alpha value is -1.88. The molecule has 1 aromatic carbocycles. The molecule has 1 aliphatic rings. The summed E-state index contributed by atoms with van der Waals surface area (Å²) >= 11 is 5.55. The molecular formula is C13H13ClN2O3. The van der Waals surface area contributed by atoms with Gasteiger partial charge in [-0.1, -0.05) is 12.2 Å². The van der Waals surface area contributed by atoms with Gasteiger partial charge in [0.05, 0.1) is 4.92 Å². The van der Waals surface area contributed by atoms with E-state index < -0.39 is 4.92 Å². The first kappa shape index (κ1) is 13.5. The van der Waals surface area contributed by atoms with Gasteiger partial charge in [0.1, 0.15) is 0 Å². The van der Waals surface area contributed by atoms with Crippen molar-refractivity contribution in [1.29, 1.82) is 0 Å². The summed E-state index contributed by atoms with van der Waals surface area (Å²) in [5.41, 5.74) is 1.65. The van der Waals surface area contributed by atoms with E-state index in [4.69, 9.17) is 11.6 Å². The normalized spacial score (nSPS) is 14.8. The molecule has 0 fully saturated rings. The molecule has 0 aliphatic carbocycles. The maximum Gasteiger partial charge on any atom is 0.269 e. The number of fused-ring (bicyclic) bond motifs is 1. The number of carbonyl (C=O) groups is 1. The molecule has 5 nitrogen and oxygen atoms in total. The van der Waals surface area contributed by atoms with Crippen LogP contribution in [0.1, 0.15) is 12.0 Å². The van der Waals surface area contributed by atoms with E-state index in [0.29, 0.717) is 25.3 Å². The van der Waals surface area contributed by atoms with Crippen LogP contribution in [-0.4, -0.2) is 23.3 Å². The van der Waals surface area contributed by atoms with Crippen LogP contribution in [0.5, 0.6) is 0 Å². The Bertz CT molecular complexity index is 543. The van der Waals surface area contributed by atoms with Crippen LogP contribution in [-0.2, 0) is 11.2 Å². The zero-order chi connectivity index (χ0) is 13.8. The van der Waals surface area contributed by atoms with Gasteiger partial charge in [0.2, 0.25) is 5.91 Å². The first-order chi connectivity index (χ1) is 9.13. The molecule has 1 aromatic rings. The van der Waals surface area contributed by atoms with E-state index in [2.05, 4.69) is 0 Å². The minimum absolute atomic E-state index is 0.0283. The molecule has 100 valence electrons. The summed E-state index contributed by atoms with van der Waals surface area (Å²) in [6.45, 7) is 0.441. The van der Waals surface area contributed by atoms with Crippen LogP contribution in [0.25, 0.3) is 0 Å². The smallest absolute Gasteiger partial charge is 0.269 e. The Morgan fingerprint density at radius 1 is 1.37 bits per heavy atom. The Labute approximate surface area is 115 Å². The van der Waals surface area contributed by atoms with Gasteiger partial charge in [-0.05, 0) is 18.1 Å². The average molecular weight is 281 g/mol. The third-order valence-electron chi connectivity index (χ3n) is 3.02. The number of anilines is 1. The standard InChI is InChI=1S/C13H13ClN2O3/c14-7-1-2-8-15-12-5-4-11(16(18)19)9-10(12)3-6-13(15)17/h1-2,4-5,9H,3,6-8H2. The summed E-state index contributed by atoms with van der Waals surface area (Å²) < 4.78 is 0. The van der Waals surface area contributed by atoms with Gasteiger partial charge < -0.3 is 4.90 Å². The molecule has 0 atom stereocenters. The Morgan fingerprint density at radius 3 is 2.84 bits per heavy atom. The number of carbonyl (C=O) groups excluding carboxylic acids is 1. The lowest BCUT2D eigenvalue weighted by Crippen LogP contribution is -2.35. The molecule has 6 heteroatoms. The molecule has 0 spiro atoms. The third-order valence-corrected chi connectivity index (χ3v) is 3.20. The fourth-order valence-corrected chi connectivity index (χ4v) is 2.23. The highest BCUT2D eigenvalue weighted by atomic mass is 35.5. The second kappa shape index (κ2) is 5.84. The summed E-state index contributed by atoms with van der Waals surface area (Å²) in [4.78, 5) is 23.8. The molecule has 0 N–H and O–H groups in total. The monoisotopic (exact) mass is 280 g/mol. The predicted octanol–water partition coefficient (Wildman–Crippen LogP) is 2.67. The fraction of sp³-hybridized carbons (Fsp3) is 0.308. The molecule has 0 radical (unpaired) electrons. The lowest BCUT2D eigenvalue weighted by molar-refractivity contribution is -0.384. The Balaban J connectivity index is 2.31. The lowest BCUT2D eigenvalue weighted by Gasteiger charge is -2.28. The van der Waals surface area contributed by atoms with Gasteiger partial charge in [0, 0.05) is 36.7 Å². The maximum atomic E-state index is 11.9. The van der Waals surface area contributed by atoms with Crippen molar-refractivity contribution in [2.75, 3.05) is 17.3 Å². The predicted molar refractivity (Wildman–Crippen MR) is 73.6 cm³/mol.